The smallest absolute Gasteiger partial charge is 0.222 e. The van der Waals surface area contributed by atoms with E-state index in [1.807, 2.05) is 23.1 Å². The topological polar surface area (TPSA) is 68.8 Å². The van der Waals surface area contributed by atoms with Gasteiger partial charge in [-0.3, -0.25) is 9.79 Å². The van der Waals surface area contributed by atoms with Crippen LogP contribution >= 0.6 is 24.0 Å². The number of anilines is 1. The maximum Gasteiger partial charge on any atom is 0.222 e. The lowest BCUT2D eigenvalue weighted by atomic mass is 10.2. The van der Waals surface area contributed by atoms with Gasteiger partial charge in [0.15, 0.2) is 5.96 Å². The number of benzene rings is 1. The Morgan fingerprint density at radius 1 is 1.07 bits per heavy atom. The van der Waals surface area contributed by atoms with E-state index in [0.717, 1.165) is 76.6 Å². The van der Waals surface area contributed by atoms with E-state index in [-0.39, 0.29) is 24.0 Å². The first-order valence-electron chi connectivity index (χ1n) is 10.4. The molecule has 0 radical (unpaired) electrons. The molecule has 1 amide bonds. The minimum Gasteiger partial charge on any atom is -0.385 e. The zero-order valence-corrected chi connectivity index (χ0v) is 19.4. The molecule has 6 nitrogen and oxygen atoms in total. The van der Waals surface area contributed by atoms with Crippen LogP contribution in [0.15, 0.2) is 35.3 Å². The predicted molar refractivity (Wildman–Crippen MR) is 129 cm³/mol. The van der Waals surface area contributed by atoms with E-state index in [0.29, 0.717) is 12.3 Å². The molecule has 2 rings (SSSR count). The summed E-state index contributed by atoms with van der Waals surface area (Å²) < 4.78 is 0. The molecule has 1 saturated heterocycles. The molecule has 158 valence electrons. The fourth-order valence-electron chi connectivity index (χ4n) is 3.15. The number of nitrogens with one attached hydrogen (secondary N) is 3. The molecule has 0 saturated carbocycles. The Labute approximate surface area is 187 Å². The molecule has 1 aromatic rings. The highest BCUT2D eigenvalue weighted by Crippen LogP contribution is 2.11. The predicted octanol–water partition coefficient (Wildman–Crippen LogP) is 3.45. The second kappa shape index (κ2) is 15.4. The average molecular weight is 501 g/mol. The van der Waals surface area contributed by atoms with Gasteiger partial charge in [-0.15, -0.1) is 24.0 Å². The number of likely N-dealkylation sites (tertiary alicyclic amines) is 1. The Morgan fingerprint density at radius 3 is 2.68 bits per heavy atom. The summed E-state index contributed by atoms with van der Waals surface area (Å²) >= 11 is 0. The fourth-order valence-corrected chi connectivity index (χ4v) is 3.15. The van der Waals surface area contributed by atoms with Gasteiger partial charge in [-0.25, -0.2) is 0 Å². The molecule has 0 unspecified atom stereocenters. The van der Waals surface area contributed by atoms with Crippen LogP contribution in [0.4, 0.5) is 5.69 Å². The minimum atomic E-state index is 0. The Bertz CT molecular complexity index is 567. The van der Waals surface area contributed by atoms with Crippen molar-refractivity contribution in [1.82, 2.24) is 15.5 Å². The summed E-state index contributed by atoms with van der Waals surface area (Å²) in [6, 6.07) is 10.3. The molecule has 1 fully saturated rings. The maximum atomic E-state index is 12.0. The van der Waals surface area contributed by atoms with Crippen molar-refractivity contribution in [3.8, 4) is 0 Å². The zero-order chi connectivity index (χ0) is 19.2. The van der Waals surface area contributed by atoms with E-state index >= 15 is 0 Å². The second-order valence-corrected chi connectivity index (χ2v) is 6.88. The van der Waals surface area contributed by atoms with Gasteiger partial charge in [-0.2, -0.15) is 0 Å². The first-order valence-corrected chi connectivity index (χ1v) is 10.4. The zero-order valence-electron chi connectivity index (χ0n) is 17.1. The van der Waals surface area contributed by atoms with Crippen LogP contribution in [0.5, 0.6) is 0 Å². The van der Waals surface area contributed by atoms with Crippen LogP contribution in [-0.2, 0) is 4.79 Å². The number of aliphatic imine (C=N–C) groups is 1. The van der Waals surface area contributed by atoms with Crippen LogP contribution in [0.3, 0.4) is 0 Å². The third-order valence-electron chi connectivity index (χ3n) is 4.62. The van der Waals surface area contributed by atoms with E-state index in [9.17, 15) is 4.79 Å². The van der Waals surface area contributed by atoms with Gasteiger partial charge < -0.3 is 20.9 Å². The highest BCUT2D eigenvalue weighted by Gasteiger charge is 2.15. The van der Waals surface area contributed by atoms with E-state index < -0.39 is 0 Å². The van der Waals surface area contributed by atoms with Crippen LogP contribution in [-0.4, -0.2) is 56.0 Å². The summed E-state index contributed by atoms with van der Waals surface area (Å²) in [6.07, 6.45) is 6.00. The normalized spacial score (nSPS) is 14.8. The van der Waals surface area contributed by atoms with Crippen molar-refractivity contribution >= 4 is 41.5 Å². The number of amides is 1. The van der Waals surface area contributed by atoms with Gasteiger partial charge >= 0.3 is 0 Å². The molecule has 1 aliphatic rings. The lowest BCUT2D eigenvalue weighted by molar-refractivity contribution is -0.130. The molecular weight excluding hydrogens is 465 g/mol. The third kappa shape index (κ3) is 10.1. The molecule has 3 N–H and O–H groups in total. The number of rotatable bonds is 10. The molecule has 7 heteroatoms. The molecule has 1 aliphatic heterocycles. The molecule has 0 aromatic heterocycles. The Morgan fingerprint density at radius 2 is 1.89 bits per heavy atom. The molecular formula is C21H36IN5O. The number of carbonyl (C=O) groups excluding carboxylic acids is 1. The first kappa shape index (κ1) is 24.5. The van der Waals surface area contributed by atoms with Gasteiger partial charge in [0.25, 0.3) is 0 Å². The summed E-state index contributed by atoms with van der Waals surface area (Å²) in [5.74, 6) is 1.17. The average Bonchev–Trinajstić information content (AvgIpc) is 2.90. The molecule has 0 bridgehead atoms. The van der Waals surface area contributed by atoms with Gasteiger partial charge in [-0.1, -0.05) is 24.6 Å². The van der Waals surface area contributed by atoms with Crippen LogP contribution < -0.4 is 16.0 Å². The van der Waals surface area contributed by atoms with E-state index in [1.54, 1.807) is 0 Å². The monoisotopic (exact) mass is 501 g/mol. The Balaban J connectivity index is 0.00000392. The van der Waals surface area contributed by atoms with Crippen molar-refractivity contribution in [3.63, 3.8) is 0 Å². The van der Waals surface area contributed by atoms with Crippen LogP contribution in [0.2, 0.25) is 0 Å². The summed E-state index contributed by atoms with van der Waals surface area (Å²) in [7, 11) is 0. The van der Waals surface area contributed by atoms with Gasteiger partial charge in [-0.05, 0) is 44.7 Å². The Hall–Kier alpha value is -1.51. The van der Waals surface area contributed by atoms with Crippen LogP contribution in [0.1, 0.15) is 45.4 Å². The molecule has 0 aliphatic carbocycles. The SMILES string of the molecule is CCNC(=NCCCN1CCCCCC1=O)NCCCNc1ccccc1.I. The summed E-state index contributed by atoms with van der Waals surface area (Å²) in [4.78, 5) is 18.7. The standard InChI is InChI=1S/C21H35N5O.HI/c1-2-22-21(24-15-9-14-23-19-11-5-3-6-12-19)25-16-10-18-26-17-8-4-7-13-20(26)27;/h3,5-6,11-12,23H,2,4,7-10,13-18H2,1H3,(H2,22,24,25);1H. The van der Waals surface area contributed by atoms with Gasteiger partial charge in [0.1, 0.15) is 0 Å². The van der Waals surface area contributed by atoms with Crippen LogP contribution in [0.25, 0.3) is 0 Å². The van der Waals surface area contributed by atoms with Crippen molar-refractivity contribution in [3.05, 3.63) is 30.3 Å². The van der Waals surface area contributed by atoms with Gasteiger partial charge in [0, 0.05) is 51.4 Å². The molecule has 28 heavy (non-hydrogen) atoms. The maximum absolute atomic E-state index is 12.0. The number of nitrogens with zero attached hydrogens (tertiary/aromatic N) is 2. The lowest BCUT2D eigenvalue weighted by Gasteiger charge is -2.20. The highest BCUT2D eigenvalue weighted by atomic mass is 127. The number of carbonyl (C=O) groups is 1. The minimum absolute atomic E-state index is 0. The van der Waals surface area contributed by atoms with Crippen LogP contribution in [0, 0.1) is 0 Å². The molecule has 0 atom stereocenters. The van der Waals surface area contributed by atoms with Crippen molar-refractivity contribution in [2.24, 2.45) is 4.99 Å². The van der Waals surface area contributed by atoms with Gasteiger partial charge in [0.2, 0.25) is 5.91 Å². The number of hydrogen-bond acceptors (Lipinski definition) is 3. The molecule has 0 spiro atoms. The van der Waals surface area contributed by atoms with Gasteiger partial charge in [0.05, 0.1) is 0 Å². The first-order chi connectivity index (χ1) is 13.3. The lowest BCUT2D eigenvalue weighted by Crippen LogP contribution is -2.38. The largest absolute Gasteiger partial charge is 0.385 e. The summed E-state index contributed by atoms with van der Waals surface area (Å²) in [6.45, 7) is 7.19. The molecule has 1 aromatic carbocycles. The summed E-state index contributed by atoms with van der Waals surface area (Å²) in [5, 5.41) is 10.1. The number of halogens is 1. The van der Waals surface area contributed by atoms with Crippen molar-refractivity contribution in [1.29, 1.82) is 0 Å². The molecule has 1 heterocycles. The Kier molecular flexibility index (Phi) is 13.5. The quantitative estimate of drug-likeness (QED) is 0.199. The van der Waals surface area contributed by atoms with E-state index in [1.165, 1.54) is 6.42 Å². The fraction of sp³-hybridized carbons (Fsp3) is 0.619. The third-order valence-corrected chi connectivity index (χ3v) is 4.62. The van der Waals surface area contributed by atoms with Crippen molar-refractivity contribution in [2.45, 2.75) is 45.4 Å². The van der Waals surface area contributed by atoms with E-state index in [4.69, 9.17) is 0 Å². The highest BCUT2D eigenvalue weighted by molar-refractivity contribution is 14.0. The van der Waals surface area contributed by atoms with E-state index in [2.05, 4.69) is 40.0 Å². The number of hydrogen-bond donors (Lipinski definition) is 3. The number of guanidine groups is 1. The second-order valence-electron chi connectivity index (χ2n) is 6.88. The van der Waals surface area contributed by atoms with Crippen molar-refractivity contribution < 1.29 is 4.79 Å². The summed E-state index contributed by atoms with van der Waals surface area (Å²) in [5.41, 5.74) is 1.15. The number of para-hydroxylation sites is 1. The van der Waals surface area contributed by atoms with Crippen molar-refractivity contribution in [2.75, 3.05) is 44.6 Å².